The molecule has 0 saturated carbocycles. The largest absolute Gasteiger partial charge is 0.495 e. The van der Waals surface area contributed by atoms with Gasteiger partial charge in [-0.2, -0.15) is 0 Å². The maximum Gasteiger partial charge on any atom is 0.253 e. The number of halogens is 2. The van der Waals surface area contributed by atoms with E-state index in [1.54, 1.807) is 37.5 Å². The number of amides is 2. The minimum Gasteiger partial charge on any atom is -0.495 e. The van der Waals surface area contributed by atoms with Crippen molar-refractivity contribution in [3.05, 3.63) is 76.6 Å². The van der Waals surface area contributed by atoms with Crippen LogP contribution in [0.15, 0.2) is 60.3 Å². The van der Waals surface area contributed by atoms with Gasteiger partial charge in [0.05, 0.1) is 35.2 Å². The molecular formula is C26H29Cl2N5O3S. The van der Waals surface area contributed by atoms with E-state index in [4.69, 9.17) is 27.9 Å². The Kier molecular flexibility index (Phi) is 10.4. The molecule has 2 aromatic carbocycles. The third-order valence-corrected chi connectivity index (χ3v) is 6.78. The molecule has 0 aliphatic heterocycles. The fourth-order valence-electron chi connectivity index (χ4n) is 3.64. The molecule has 0 bridgehead atoms. The molecule has 3 rings (SSSR count). The van der Waals surface area contributed by atoms with Gasteiger partial charge in [-0.05, 0) is 42.7 Å². The molecule has 11 heteroatoms. The summed E-state index contributed by atoms with van der Waals surface area (Å²) in [6, 6.07) is 11.5. The van der Waals surface area contributed by atoms with Crippen molar-refractivity contribution in [3.8, 4) is 5.75 Å². The Morgan fingerprint density at radius 1 is 1.19 bits per heavy atom. The van der Waals surface area contributed by atoms with E-state index < -0.39 is 6.04 Å². The lowest BCUT2D eigenvalue weighted by Gasteiger charge is -2.21. The molecule has 1 heterocycles. The quantitative estimate of drug-likeness (QED) is 0.207. The molecule has 1 aromatic heterocycles. The van der Waals surface area contributed by atoms with Crippen LogP contribution in [-0.2, 0) is 11.3 Å². The Morgan fingerprint density at radius 3 is 2.62 bits per heavy atom. The highest BCUT2D eigenvalue weighted by molar-refractivity contribution is 7.99. The van der Waals surface area contributed by atoms with Crippen LogP contribution in [0.2, 0.25) is 10.0 Å². The topological polar surface area (TPSA) is 98.1 Å². The van der Waals surface area contributed by atoms with Gasteiger partial charge < -0.3 is 19.9 Å². The Hall–Kier alpha value is -3.01. The Morgan fingerprint density at radius 2 is 1.95 bits per heavy atom. The molecule has 0 radical (unpaired) electrons. The van der Waals surface area contributed by atoms with Gasteiger partial charge in [-0.3, -0.25) is 9.59 Å². The highest BCUT2D eigenvalue weighted by Crippen LogP contribution is 2.28. The fraction of sp³-hybridized carbons (Fsp3) is 0.308. The molecular weight excluding hydrogens is 533 g/mol. The molecule has 2 N–H and O–H groups in total. The Labute approximate surface area is 230 Å². The Bertz CT molecular complexity index is 1260. The standard InChI is InChI=1S/C26H29Cl2N5O3S/c1-5-12-33-24(21(13-16(2)3)30-25(35)18-11-10-17(27)14-19(18)28)31-32-26(33)37-15-23(34)29-20-8-6-7-9-22(20)36-4/h5-11,14,16,21H,1,12-13,15H2,2-4H3,(H,29,34)(H,30,35)/t21-/m1/s1. The third-order valence-electron chi connectivity index (χ3n) is 5.27. The van der Waals surface area contributed by atoms with Gasteiger partial charge >= 0.3 is 0 Å². The number of methoxy groups -OCH3 is 1. The summed E-state index contributed by atoms with van der Waals surface area (Å²) >= 11 is 13.5. The first-order valence-electron chi connectivity index (χ1n) is 11.6. The lowest BCUT2D eigenvalue weighted by atomic mass is 10.0. The number of aromatic nitrogens is 3. The van der Waals surface area contributed by atoms with Crippen molar-refractivity contribution >= 4 is 52.5 Å². The van der Waals surface area contributed by atoms with E-state index in [2.05, 4.69) is 41.3 Å². The fourth-order valence-corrected chi connectivity index (χ4v) is 4.89. The summed E-state index contributed by atoms with van der Waals surface area (Å²) in [6.45, 7) is 8.36. The number of nitrogens with zero attached hydrogens (tertiary/aromatic N) is 3. The minimum atomic E-state index is -0.441. The highest BCUT2D eigenvalue weighted by atomic mass is 35.5. The van der Waals surface area contributed by atoms with Gasteiger partial charge in [0.1, 0.15) is 5.75 Å². The van der Waals surface area contributed by atoms with Crippen LogP contribution >= 0.6 is 35.0 Å². The summed E-state index contributed by atoms with van der Waals surface area (Å²) in [5.41, 5.74) is 0.904. The molecule has 0 fully saturated rings. The molecule has 0 aliphatic rings. The van der Waals surface area contributed by atoms with E-state index in [9.17, 15) is 9.59 Å². The van der Waals surface area contributed by atoms with Crippen molar-refractivity contribution in [2.45, 2.75) is 38.0 Å². The molecule has 196 valence electrons. The smallest absolute Gasteiger partial charge is 0.253 e. The van der Waals surface area contributed by atoms with Crippen molar-refractivity contribution in [2.24, 2.45) is 5.92 Å². The molecule has 8 nitrogen and oxygen atoms in total. The van der Waals surface area contributed by atoms with Crippen LogP contribution < -0.4 is 15.4 Å². The second kappa shape index (κ2) is 13.5. The second-order valence-electron chi connectivity index (χ2n) is 8.56. The molecule has 0 spiro atoms. The molecule has 37 heavy (non-hydrogen) atoms. The van der Waals surface area contributed by atoms with E-state index in [1.807, 2.05) is 16.7 Å². The van der Waals surface area contributed by atoms with Crippen molar-refractivity contribution in [3.63, 3.8) is 0 Å². The van der Waals surface area contributed by atoms with Crippen LogP contribution in [0.4, 0.5) is 5.69 Å². The molecule has 2 amide bonds. The van der Waals surface area contributed by atoms with Crippen LogP contribution in [0.5, 0.6) is 5.75 Å². The maximum atomic E-state index is 13.1. The van der Waals surface area contributed by atoms with Crippen LogP contribution in [0, 0.1) is 5.92 Å². The van der Waals surface area contributed by atoms with Gasteiger partial charge in [0.25, 0.3) is 5.91 Å². The number of carbonyl (C=O) groups excluding carboxylic acids is 2. The average Bonchev–Trinajstić information content (AvgIpc) is 3.25. The van der Waals surface area contributed by atoms with Gasteiger partial charge in [-0.15, -0.1) is 16.8 Å². The SMILES string of the molecule is C=CCn1c(SCC(=O)Nc2ccccc2OC)nnc1[C@@H](CC(C)C)NC(=O)c1ccc(Cl)cc1Cl. The van der Waals surface area contributed by atoms with Crippen molar-refractivity contribution in [2.75, 3.05) is 18.2 Å². The zero-order valence-corrected chi connectivity index (χ0v) is 23.2. The van der Waals surface area contributed by atoms with Gasteiger partial charge in [0.2, 0.25) is 5.91 Å². The number of anilines is 1. The molecule has 0 unspecified atom stereocenters. The maximum absolute atomic E-state index is 13.1. The first-order chi connectivity index (χ1) is 17.7. The van der Waals surface area contributed by atoms with Crippen LogP contribution in [0.25, 0.3) is 0 Å². The number of hydrogen-bond acceptors (Lipinski definition) is 6. The highest BCUT2D eigenvalue weighted by Gasteiger charge is 2.25. The number of para-hydroxylation sites is 2. The number of allylic oxidation sites excluding steroid dienone is 1. The minimum absolute atomic E-state index is 0.106. The van der Waals surface area contributed by atoms with Gasteiger partial charge in [-0.25, -0.2) is 0 Å². The summed E-state index contributed by atoms with van der Waals surface area (Å²) in [5.74, 6) is 0.947. The van der Waals surface area contributed by atoms with Crippen LogP contribution in [-0.4, -0.2) is 39.4 Å². The first-order valence-corrected chi connectivity index (χ1v) is 13.3. The van der Waals surface area contributed by atoms with Crippen LogP contribution in [0.1, 0.15) is 42.5 Å². The number of ether oxygens (including phenoxy) is 1. The van der Waals surface area contributed by atoms with E-state index in [1.165, 1.54) is 17.8 Å². The van der Waals surface area contributed by atoms with E-state index in [-0.39, 0.29) is 28.5 Å². The number of carbonyl (C=O) groups is 2. The van der Waals surface area contributed by atoms with Crippen molar-refractivity contribution in [1.29, 1.82) is 0 Å². The third kappa shape index (κ3) is 7.74. The number of nitrogens with one attached hydrogen (secondary N) is 2. The summed E-state index contributed by atoms with van der Waals surface area (Å²) in [5, 5.41) is 15.8. The predicted molar refractivity (Wildman–Crippen MR) is 149 cm³/mol. The van der Waals surface area contributed by atoms with Crippen molar-refractivity contribution in [1.82, 2.24) is 20.1 Å². The lowest BCUT2D eigenvalue weighted by molar-refractivity contribution is -0.113. The zero-order chi connectivity index (χ0) is 26.9. The first kappa shape index (κ1) is 28.6. The Balaban J connectivity index is 1.79. The second-order valence-corrected chi connectivity index (χ2v) is 10.3. The zero-order valence-electron chi connectivity index (χ0n) is 20.8. The predicted octanol–water partition coefficient (Wildman–Crippen LogP) is 6.03. The summed E-state index contributed by atoms with van der Waals surface area (Å²) in [4.78, 5) is 25.7. The van der Waals surface area contributed by atoms with E-state index in [0.717, 1.165) is 0 Å². The van der Waals surface area contributed by atoms with Gasteiger partial charge in [0, 0.05) is 11.6 Å². The van der Waals surface area contributed by atoms with Gasteiger partial charge in [0.15, 0.2) is 11.0 Å². The van der Waals surface area contributed by atoms with E-state index >= 15 is 0 Å². The molecule has 3 aromatic rings. The number of hydrogen-bond donors (Lipinski definition) is 2. The van der Waals surface area contributed by atoms with E-state index in [0.29, 0.717) is 46.0 Å². The normalized spacial score (nSPS) is 11.7. The monoisotopic (exact) mass is 561 g/mol. The molecule has 0 saturated heterocycles. The number of thioether (sulfide) groups is 1. The molecule has 0 aliphatic carbocycles. The lowest BCUT2D eigenvalue weighted by Crippen LogP contribution is -2.32. The van der Waals surface area contributed by atoms with Crippen molar-refractivity contribution < 1.29 is 14.3 Å². The van der Waals surface area contributed by atoms with Gasteiger partial charge in [-0.1, -0.05) is 67.0 Å². The summed E-state index contributed by atoms with van der Waals surface area (Å²) in [6.07, 6.45) is 2.33. The van der Waals surface area contributed by atoms with Crippen LogP contribution in [0.3, 0.4) is 0 Å². The number of benzene rings is 2. The average molecular weight is 563 g/mol. The summed E-state index contributed by atoms with van der Waals surface area (Å²) < 4.78 is 7.14. The number of rotatable bonds is 12. The summed E-state index contributed by atoms with van der Waals surface area (Å²) in [7, 11) is 1.55. The molecule has 1 atom stereocenters.